The Kier molecular flexibility index (Phi) is 4.95. The van der Waals surface area contributed by atoms with Crippen LogP contribution in [0.25, 0.3) is 0 Å². The summed E-state index contributed by atoms with van der Waals surface area (Å²) in [4.78, 5) is 15.6. The van der Waals surface area contributed by atoms with Gasteiger partial charge in [0.2, 0.25) is 10.0 Å². The third-order valence-corrected chi connectivity index (χ3v) is 5.95. The van der Waals surface area contributed by atoms with Crippen LogP contribution >= 0.6 is 0 Å². The van der Waals surface area contributed by atoms with Crippen molar-refractivity contribution in [2.75, 3.05) is 7.11 Å². The highest BCUT2D eigenvalue weighted by Gasteiger charge is 2.42. The molecule has 116 valence electrons. The Labute approximate surface area is 125 Å². The van der Waals surface area contributed by atoms with Crippen molar-refractivity contribution in [3.05, 3.63) is 30.1 Å². The van der Waals surface area contributed by atoms with E-state index in [1.807, 2.05) is 0 Å². The molecule has 3 atom stereocenters. The summed E-state index contributed by atoms with van der Waals surface area (Å²) in [5.74, 6) is -1.02. The summed E-state index contributed by atoms with van der Waals surface area (Å²) in [5, 5.41) is -0.714. The molecule has 1 aromatic heterocycles. The maximum absolute atomic E-state index is 12.5. The van der Waals surface area contributed by atoms with Gasteiger partial charge in [-0.2, -0.15) is 0 Å². The number of methoxy groups -OCH3 is 1. The van der Waals surface area contributed by atoms with E-state index in [1.165, 1.54) is 7.11 Å². The monoisotopic (exact) mass is 312 g/mol. The highest BCUT2D eigenvalue weighted by atomic mass is 32.2. The van der Waals surface area contributed by atoms with Gasteiger partial charge in [0, 0.05) is 18.4 Å². The van der Waals surface area contributed by atoms with Crippen LogP contribution in [-0.2, 0) is 19.6 Å². The number of hydrogen-bond acceptors (Lipinski definition) is 5. The molecule has 0 aliphatic heterocycles. The van der Waals surface area contributed by atoms with Crippen molar-refractivity contribution in [2.45, 2.75) is 37.5 Å². The van der Waals surface area contributed by atoms with Crippen LogP contribution in [0, 0.1) is 5.92 Å². The lowest BCUT2D eigenvalue weighted by Gasteiger charge is -2.21. The predicted octanol–water partition coefficient (Wildman–Crippen LogP) is 1.40. The van der Waals surface area contributed by atoms with E-state index < -0.39 is 27.2 Å². The number of sulfonamides is 1. The SMILES string of the molecule is COC(=O)C1CCCC1S(=O)(=O)NC(C)c1ccncc1. The van der Waals surface area contributed by atoms with Crippen LogP contribution < -0.4 is 4.72 Å². The van der Waals surface area contributed by atoms with Crippen molar-refractivity contribution in [1.82, 2.24) is 9.71 Å². The summed E-state index contributed by atoms with van der Waals surface area (Å²) in [5.41, 5.74) is 0.834. The number of hydrogen-bond donors (Lipinski definition) is 1. The largest absolute Gasteiger partial charge is 0.469 e. The van der Waals surface area contributed by atoms with Crippen LogP contribution in [0.5, 0.6) is 0 Å². The van der Waals surface area contributed by atoms with Gasteiger partial charge in [-0.3, -0.25) is 9.78 Å². The lowest BCUT2D eigenvalue weighted by atomic mass is 10.1. The molecular formula is C14H20N2O4S. The molecule has 0 amide bonds. The lowest BCUT2D eigenvalue weighted by Crippen LogP contribution is -2.40. The average Bonchev–Trinajstić information content (AvgIpc) is 2.97. The molecule has 1 heterocycles. The van der Waals surface area contributed by atoms with Crippen LogP contribution in [0.15, 0.2) is 24.5 Å². The summed E-state index contributed by atoms with van der Waals surface area (Å²) in [6, 6.07) is 3.16. The number of nitrogens with one attached hydrogen (secondary N) is 1. The van der Waals surface area contributed by atoms with Crippen LogP contribution in [0.3, 0.4) is 0 Å². The summed E-state index contributed by atoms with van der Waals surface area (Å²) < 4.78 is 32.4. The topological polar surface area (TPSA) is 85.4 Å². The number of aromatic nitrogens is 1. The number of rotatable bonds is 5. The Hall–Kier alpha value is -1.47. The molecule has 0 bridgehead atoms. The Morgan fingerprint density at radius 1 is 1.38 bits per heavy atom. The van der Waals surface area contributed by atoms with Crippen molar-refractivity contribution < 1.29 is 17.9 Å². The number of ether oxygens (including phenoxy) is 1. The van der Waals surface area contributed by atoms with Gasteiger partial charge in [-0.25, -0.2) is 13.1 Å². The van der Waals surface area contributed by atoms with Gasteiger partial charge in [-0.1, -0.05) is 6.42 Å². The molecule has 1 saturated carbocycles. The molecule has 2 rings (SSSR count). The molecule has 0 saturated heterocycles. The minimum atomic E-state index is -3.58. The van der Waals surface area contributed by atoms with Crippen LogP contribution in [-0.4, -0.2) is 31.7 Å². The van der Waals surface area contributed by atoms with Gasteiger partial charge >= 0.3 is 5.97 Å². The molecule has 7 heteroatoms. The second-order valence-electron chi connectivity index (χ2n) is 5.26. The molecule has 1 N–H and O–H groups in total. The van der Waals surface area contributed by atoms with E-state index in [9.17, 15) is 13.2 Å². The van der Waals surface area contributed by atoms with Gasteiger partial charge in [0.25, 0.3) is 0 Å². The zero-order chi connectivity index (χ0) is 15.5. The number of carbonyl (C=O) groups excluding carboxylic acids is 1. The minimum Gasteiger partial charge on any atom is -0.469 e. The molecule has 1 aromatic rings. The normalized spacial score (nSPS) is 23.7. The Bertz CT molecular complexity index is 588. The lowest BCUT2D eigenvalue weighted by molar-refractivity contribution is -0.145. The number of nitrogens with zero attached hydrogens (tertiary/aromatic N) is 1. The molecule has 0 spiro atoms. The second-order valence-corrected chi connectivity index (χ2v) is 7.20. The summed E-state index contributed by atoms with van der Waals surface area (Å²) in [7, 11) is -2.29. The third-order valence-electron chi connectivity index (χ3n) is 3.90. The number of carbonyl (C=O) groups is 1. The quantitative estimate of drug-likeness (QED) is 0.831. The zero-order valence-electron chi connectivity index (χ0n) is 12.2. The summed E-state index contributed by atoms with van der Waals surface area (Å²) in [6.07, 6.45) is 4.99. The van der Waals surface area contributed by atoms with E-state index in [-0.39, 0.29) is 6.04 Å². The number of esters is 1. The molecule has 1 aliphatic rings. The van der Waals surface area contributed by atoms with E-state index in [2.05, 4.69) is 9.71 Å². The molecule has 3 unspecified atom stereocenters. The fourth-order valence-electron chi connectivity index (χ4n) is 2.77. The van der Waals surface area contributed by atoms with Crippen LogP contribution in [0.4, 0.5) is 0 Å². The van der Waals surface area contributed by atoms with Crippen LogP contribution in [0.2, 0.25) is 0 Å². The first kappa shape index (κ1) is 15.9. The first-order chi connectivity index (χ1) is 9.95. The smallest absolute Gasteiger partial charge is 0.310 e. The summed E-state index contributed by atoms with van der Waals surface area (Å²) in [6.45, 7) is 1.77. The molecule has 1 fully saturated rings. The van der Waals surface area contributed by atoms with Gasteiger partial charge in [0.1, 0.15) is 0 Å². The highest BCUT2D eigenvalue weighted by Crippen LogP contribution is 2.32. The van der Waals surface area contributed by atoms with Gasteiger partial charge < -0.3 is 4.74 Å². The first-order valence-corrected chi connectivity index (χ1v) is 8.49. The fraction of sp³-hybridized carbons (Fsp3) is 0.571. The highest BCUT2D eigenvalue weighted by molar-refractivity contribution is 7.90. The van der Waals surface area contributed by atoms with Crippen molar-refractivity contribution in [1.29, 1.82) is 0 Å². The van der Waals surface area contributed by atoms with E-state index >= 15 is 0 Å². The Morgan fingerprint density at radius 3 is 2.67 bits per heavy atom. The molecule has 21 heavy (non-hydrogen) atoms. The Balaban J connectivity index is 2.13. The maximum atomic E-state index is 12.5. The molecule has 1 aliphatic carbocycles. The predicted molar refractivity (Wildman–Crippen MR) is 77.9 cm³/mol. The first-order valence-electron chi connectivity index (χ1n) is 6.94. The molecule has 0 aromatic carbocycles. The minimum absolute atomic E-state index is 0.364. The van der Waals surface area contributed by atoms with E-state index in [1.54, 1.807) is 31.5 Å². The molecular weight excluding hydrogens is 292 g/mol. The Morgan fingerprint density at radius 2 is 2.05 bits per heavy atom. The van der Waals surface area contributed by atoms with E-state index in [0.717, 1.165) is 12.0 Å². The maximum Gasteiger partial charge on any atom is 0.310 e. The van der Waals surface area contributed by atoms with Crippen molar-refractivity contribution in [3.63, 3.8) is 0 Å². The average molecular weight is 312 g/mol. The standard InChI is InChI=1S/C14H20N2O4S/c1-10(11-6-8-15-9-7-11)16-21(18,19)13-5-3-4-12(13)14(17)20-2/h6-10,12-13,16H,3-5H2,1-2H3. The van der Waals surface area contributed by atoms with E-state index in [0.29, 0.717) is 12.8 Å². The summed E-state index contributed by atoms with van der Waals surface area (Å²) >= 11 is 0. The number of pyridine rings is 1. The van der Waals surface area contributed by atoms with Crippen molar-refractivity contribution in [3.8, 4) is 0 Å². The van der Waals surface area contributed by atoms with Gasteiger partial charge in [0.05, 0.1) is 18.3 Å². The van der Waals surface area contributed by atoms with E-state index in [4.69, 9.17) is 4.74 Å². The fourth-order valence-corrected chi connectivity index (χ4v) is 4.73. The van der Waals surface area contributed by atoms with Crippen molar-refractivity contribution >= 4 is 16.0 Å². The molecule has 6 nitrogen and oxygen atoms in total. The zero-order valence-corrected chi connectivity index (χ0v) is 13.0. The second kappa shape index (κ2) is 6.53. The third kappa shape index (κ3) is 3.59. The van der Waals surface area contributed by atoms with Gasteiger partial charge in [-0.15, -0.1) is 0 Å². The van der Waals surface area contributed by atoms with Crippen molar-refractivity contribution in [2.24, 2.45) is 5.92 Å². The van der Waals surface area contributed by atoms with Gasteiger partial charge in [0.15, 0.2) is 0 Å². The molecule has 0 radical (unpaired) electrons. The van der Waals surface area contributed by atoms with Crippen LogP contribution in [0.1, 0.15) is 37.8 Å². The van der Waals surface area contributed by atoms with Gasteiger partial charge in [-0.05, 0) is 37.5 Å².